The molecule has 2 aliphatic heterocycles. The molecule has 3 heteroatoms. The normalized spacial score (nSPS) is 27.4. The van der Waals surface area contributed by atoms with E-state index in [1.54, 1.807) is 0 Å². The van der Waals surface area contributed by atoms with Gasteiger partial charge in [0.25, 0.3) is 0 Å². The topological polar surface area (TPSA) is 15.3 Å². The van der Waals surface area contributed by atoms with Gasteiger partial charge < -0.3 is 5.32 Å². The van der Waals surface area contributed by atoms with Crippen molar-refractivity contribution in [3.8, 4) is 0 Å². The number of likely N-dealkylation sites (N-methyl/N-ethyl adjacent to an activating group) is 1. The first kappa shape index (κ1) is 12.5. The molecule has 0 saturated carbocycles. The fourth-order valence-electron chi connectivity index (χ4n) is 3.17. The van der Waals surface area contributed by atoms with Crippen molar-refractivity contribution in [2.24, 2.45) is 0 Å². The lowest BCUT2D eigenvalue weighted by Gasteiger charge is -2.34. The molecule has 0 spiro atoms. The number of nitrogens with zero attached hydrogens (tertiary/aromatic N) is 1. The molecule has 2 atom stereocenters. The van der Waals surface area contributed by atoms with Crippen molar-refractivity contribution in [3.63, 3.8) is 0 Å². The molecule has 0 bridgehead atoms. The number of fused-ring (bicyclic) bond motifs is 1. The Kier molecular flexibility index (Phi) is 3.92. The molecule has 0 aliphatic carbocycles. The van der Waals surface area contributed by atoms with E-state index in [1.165, 1.54) is 48.6 Å². The largest absolute Gasteiger partial charge is 0.313 e. The van der Waals surface area contributed by atoms with Crippen LogP contribution in [0.15, 0.2) is 29.2 Å². The molecule has 3 rings (SSSR count). The highest BCUT2D eigenvalue weighted by Crippen LogP contribution is 2.38. The minimum Gasteiger partial charge on any atom is -0.313 e. The predicted octanol–water partition coefficient (Wildman–Crippen LogP) is 2.91. The molecule has 2 aliphatic rings. The highest BCUT2D eigenvalue weighted by atomic mass is 32.2. The average Bonchev–Trinajstić information content (AvgIpc) is 2.91. The standard InChI is InChI=1S/C15H22N2S/c1-17(11-12-5-4-9-16-12)14-8-10-18-15-7-3-2-6-13(14)15/h2-3,6-7,12,14,16H,4-5,8-11H2,1H3. The maximum absolute atomic E-state index is 3.60. The molecule has 0 amide bonds. The second-order valence-corrected chi connectivity index (χ2v) is 6.56. The number of hydrogen-bond donors (Lipinski definition) is 1. The summed E-state index contributed by atoms with van der Waals surface area (Å²) in [6, 6.07) is 10.2. The molecular weight excluding hydrogens is 240 g/mol. The summed E-state index contributed by atoms with van der Waals surface area (Å²) in [4.78, 5) is 4.04. The Morgan fingerprint density at radius 1 is 1.33 bits per heavy atom. The van der Waals surface area contributed by atoms with Crippen LogP contribution in [0.4, 0.5) is 0 Å². The van der Waals surface area contributed by atoms with Gasteiger partial charge in [-0.15, -0.1) is 11.8 Å². The summed E-state index contributed by atoms with van der Waals surface area (Å²) in [5.74, 6) is 1.25. The van der Waals surface area contributed by atoms with E-state index in [0.29, 0.717) is 12.1 Å². The lowest BCUT2D eigenvalue weighted by molar-refractivity contribution is 0.215. The van der Waals surface area contributed by atoms with E-state index in [1.807, 2.05) is 11.8 Å². The van der Waals surface area contributed by atoms with E-state index in [-0.39, 0.29) is 0 Å². The quantitative estimate of drug-likeness (QED) is 0.901. The second kappa shape index (κ2) is 5.64. The molecule has 1 fully saturated rings. The van der Waals surface area contributed by atoms with Crippen LogP contribution < -0.4 is 5.32 Å². The van der Waals surface area contributed by atoms with Crippen molar-refractivity contribution in [2.45, 2.75) is 36.2 Å². The monoisotopic (exact) mass is 262 g/mol. The number of nitrogens with one attached hydrogen (secondary N) is 1. The molecule has 2 unspecified atom stereocenters. The smallest absolute Gasteiger partial charge is 0.0364 e. The van der Waals surface area contributed by atoms with E-state index >= 15 is 0 Å². The first-order valence-corrected chi connectivity index (χ1v) is 7.98. The van der Waals surface area contributed by atoms with Crippen LogP contribution in [-0.2, 0) is 0 Å². The molecule has 1 saturated heterocycles. The first-order valence-electron chi connectivity index (χ1n) is 7.00. The van der Waals surface area contributed by atoms with Crippen molar-refractivity contribution in [1.29, 1.82) is 0 Å². The van der Waals surface area contributed by atoms with Crippen molar-refractivity contribution >= 4 is 11.8 Å². The van der Waals surface area contributed by atoms with Crippen LogP contribution in [0.3, 0.4) is 0 Å². The lowest BCUT2D eigenvalue weighted by Crippen LogP contribution is -2.38. The van der Waals surface area contributed by atoms with Gasteiger partial charge in [-0.05, 0) is 50.2 Å². The summed E-state index contributed by atoms with van der Waals surface area (Å²) in [6.07, 6.45) is 3.97. The van der Waals surface area contributed by atoms with Gasteiger partial charge in [0, 0.05) is 23.5 Å². The maximum Gasteiger partial charge on any atom is 0.0364 e. The minimum absolute atomic E-state index is 0.616. The molecular formula is C15H22N2S. The van der Waals surface area contributed by atoms with Crippen molar-refractivity contribution in [2.75, 3.05) is 25.9 Å². The van der Waals surface area contributed by atoms with E-state index in [4.69, 9.17) is 0 Å². The summed E-state index contributed by atoms with van der Waals surface area (Å²) in [7, 11) is 2.29. The molecule has 1 N–H and O–H groups in total. The summed E-state index contributed by atoms with van der Waals surface area (Å²) in [5, 5.41) is 3.60. The summed E-state index contributed by atoms with van der Waals surface area (Å²) in [5.41, 5.74) is 1.54. The molecule has 2 heterocycles. The Balaban J connectivity index is 1.72. The molecule has 18 heavy (non-hydrogen) atoms. The Labute approximate surface area is 114 Å². The molecule has 0 aromatic heterocycles. The van der Waals surface area contributed by atoms with Crippen LogP contribution in [0.5, 0.6) is 0 Å². The SMILES string of the molecule is CN(CC1CCCN1)C1CCSc2ccccc21. The van der Waals surface area contributed by atoms with Gasteiger partial charge in [-0.25, -0.2) is 0 Å². The van der Waals surface area contributed by atoms with Gasteiger partial charge in [-0.3, -0.25) is 4.90 Å². The van der Waals surface area contributed by atoms with Gasteiger partial charge in [0.05, 0.1) is 0 Å². The van der Waals surface area contributed by atoms with Gasteiger partial charge in [0.1, 0.15) is 0 Å². The Bertz CT molecular complexity index is 401. The zero-order chi connectivity index (χ0) is 12.4. The zero-order valence-corrected chi connectivity index (χ0v) is 11.9. The molecule has 2 nitrogen and oxygen atoms in total. The molecule has 1 aromatic carbocycles. The van der Waals surface area contributed by atoms with E-state index < -0.39 is 0 Å². The van der Waals surface area contributed by atoms with Crippen LogP contribution in [0.2, 0.25) is 0 Å². The third kappa shape index (κ3) is 2.58. The Hall–Kier alpha value is -0.510. The van der Waals surface area contributed by atoms with E-state index in [0.717, 1.165) is 0 Å². The van der Waals surface area contributed by atoms with Crippen LogP contribution in [0.1, 0.15) is 30.9 Å². The predicted molar refractivity (Wildman–Crippen MR) is 78.2 cm³/mol. The molecule has 0 radical (unpaired) electrons. The fraction of sp³-hybridized carbons (Fsp3) is 0.600. The fourth-order valence-corrected chi connectivity index (χ4v) is 4.28. The third-order valence-corrected chi connectivity index (χ3v) is 5.25. The van der Waals surface area contributed by atoms with Crippen molar-refractivity contribution in [1.82, 2.24) is 10.2 Å². The van der Waals surface area contributed by atoms with E-state index in [2.05, 4.69) is 41.5 Å². The van der Waals surface area contributed by atoms with Crippen LogP contribution in [0, 0.1) is 0 Å². The average molecular weight is 262 g/mol. The summed E-state index contributed by atoms with van der Waals surface area (Å²) >= 11 is 2.01. The summed E-state index contributed by atoms with van der Waals surface area (Å²) < 4.78 is 0. The number of thioether (sulfide) groups is 1. The molecule has 98 valence electrons. The van der Waals surface area contributed by atoms with Crippen LogP contribution in [-0.4, -0.2) is 36.8 Å². The van der Waals surface area contributed by atoms with Crippen molar-refractivity contribution < 1.29 is 0 Å². The van der Waals surface area contributed by atoms with Gasteiger partial charge in [-0.2, -0.15) is 0 Å². The lowest BCUT2D eigenvalue weighted by atomic mass is 10.0. The Morgan fingerprint density at radius 2 is 2.22 bits per heavy atom. The number of benzene rings is 1. The number of rotatable bonds is 3. The maximum atomic E-state index is 3.60. The molecule has 1 aromatic rings. The first-order chi connectivity index (χ1) is 8.84. The van der Waals surface area contributed by atoms with Gasteiger partial charge in [0.15, 0.2) is 0 Å². The minimum atomic E-state index is 0.616. The zero-order valence-electron chi connectivity index (χ0n) is 11.1. The van der Waals surface area contributed by atoms with Crippen molar-refractivity contribution in [3.05, 3.63) is 29.8 Å². The highest BCUT2D eigenvalue weighted by Gasteiger charge is 2.26. The van der Waals surface area contributed by atoms with Gasteiger partial charge in [0.2, 0.25) is 0 Å². The third-order valence-electron chi connectivity index (χ3n) is 4.13. The highest BCUT2D eigenvalue weighted by molar-refractivity contribution is 7.99. The summed E-state index contributed by atoms with van der Waals surface area (Å²) in [6.45, 7) is 2.39. The van der Waals surface area contributed by atoms with Crippen LogP contribution >= 0.6 is 11.8 Å². The Morgan fingerprint density at radius 3 is 3.06 bits per heavy atom. The van der Waals surface area contributed by atoms with Crippen LogP contribution in [0.25, 0.3) is 0 Å². The van der Waals surface area contributed by atoms with E-state index in [9.17, 15) is 0 Å². The van der Waals surface area contributed by atoms with Gasteiger partial charge in [-0.1, -0.05) is 18.2 Å². The van der Waals surface area contributed by atoms with Gasteiger partial charge >= 0.3 is 0 Å². The second-order valence-electron chi connectivity index (χ2n) is 5.42. The number of hydrogen-bond acceptors (Lipinski definition) is 3.